The summed E-state index contributed by atoms with van der Waals surface area (Å²) in [4.78, 5) is 27.8. The first kappa shape index (κ1) is 19.0. The summed E-state index contributed by atoms with van der Waals surface area (Å²) >= 11 is 13.4. The summed E-state index contributed by atoms with van der Waals surface area (Å²) in [6, 6.07) is 12.3. The summed E-state index contributed by atoms with van der Waals surface area (Å²) in [6.07, 6.45) is 0. The number of rotatable bonds is 4. The molecule has 3 nitrogen and oxygen atoms in total. The van der Waals surface area contributed by atoms with E-state index in [9.17, 15) is 9.59 Å². The van der Waals surface area contributed by atoms with Crippen molar-refractivity contribution >= 4 is 58.0 Å². The second-order valence-electron chi connectivity index (χ2n) is 6.28. The minimum Gasteiger partial charge on any atom is -0.268 e. The maximum Gasteiger partial charge on any atom is 0.272 e. The molecule has 1 heterocycles. The number of nitrogens with zero attached hydrogens (tertiary/aromatic N) is 1. The van der Waals surface area contributed by atoms with Crippen LogP contribution in [-0.4, -0.2) is 17.1 Å². The molecule has 2 aromatic carbocycles. The third-order valence-corrected chi connectivity index (χ3v) is 5.72. The monoisotopic (exact) mass is 405 g/mol. The van der Waals surface area contributed by atoms with Gasteiger partial charge in [0.15, 0.2) is 0 Å². The van der Waals surface area contributed by atoms with Crippen LogP contribution in [0.25, 0.3) is 5.57 Å². The number of carbonyl (C=O) groups is 2. The zero-order valence-electron chi connectivity index (χ0n) is 14.5. The molecular weight excluding hydrogens is 389 g/mol. The maximum atomic E-state index is 13.1. The summed E-state index contributed by atoms with van der Waals surface area (Å²) in [5.41, 5.74) is 2.67. The van der Waals surface area contributed by atoms with E-state index >= 15 is 0 Å². The van der Waals surface area contributed by atoms with Crippen LogP contribution in [0.1, 0.15) is 25.0 Å². The lowest BCUT2D eigenvalue weighted by atomic mass is 10.0. The van der Waals surface area contributed by atoms with Gasteiger partial charge >= 0.3 is 0 Å². The number of hydrogen-bond donors (Lipinski definition) is 0. The fourth-order valence-electron chi connectivity index (χ4n) is 2.69. The van der Waals surface area contributed by atoms with Gasteiger partial charge in [0, 0.05) is 5.25 Å². The number of hydrogen-bond acceptors (Lipinski definition) is 3. The normalized spacial score (nSPS) is 14.8. The van der Waals surface area contributed by atoms with Crippen LogP contribution in [0, 0.1) is 6.92 Å². The van der Waals surface area contributed by atoms with Gasteiger partial charge in [-0.25, -0.2) is 4.90 Å². The average molecular weight is 406 g/mol. The van der Waals surface area contributed by atoms with Gasteiger partial charge in [0.05, 0.1) is 26.2 Å². The van der Waals surface area contributed by atoms with E-state index in [2.05, 4.69) is 0 Å². The van der Waals surface area contributed by atoms with Crippen molar-refractivity contribution in [2.24, 2.45) is 0 Å². The number of benzene rings is 2. The molecule has 134 valence electrons. The first-order valence-electron chi connectivity index (χ1n) is 8.11. The summed E-state index contributed by atoms with van der Waals surface area (Å²) in [6.45, 7) is 5.96. The van der Waals surface area contributed by atoms with Crippen LogP contribution in [0.2, 0.25) is 10.0 Å². The van der Waals surface area contributed by atoms with Crippen molar-refractivity contribution in [2.75, 3.05) is 4.90 Å². The van der Waals surface area contributed by atoms with Crippen molar-refractivity contribution < 1.29 is 9.59 Å². The summed E-state index contributed by atoms with van der Waals surface area (Å²) in [5, 5.41) is 0.834. The van der Waals surface area contributed by atoms with Gasteiger partial charge in [-0.2, -0.15) is 0 Å². The predicted octanol–water partition coefficient (Wildman–Crippen LogP) is 5.73. The van der Waals surface area contributed by atoms with Crippen LogP contribution in [0.15, 0.2) is 47.4 Å². The molecule has 0 aliphatic carbocycles. The Bertz CT molecular complexity index is 920. The Morgan fingerprint density at radius 2 is 1.58 bits per heavy atom. The van der Waals surface area contributed by atoms with Crippen molar-refractivity contribution in [3.63, 3.8) is 0 Å². The highest BCUT2D eigenvalue weighted by Crippen LogP contribution is 2.40. The molecule has 0 atom stereocenters. The Morgan fingerprint density at radius 3 is 2.15 bits per heavy atom. The molecule has 0 spiro atoms. The minimum absolute atomic E-state index is 0.163. The molecule has 6 heteroatoms. The molecule has 0 saturated heterocycles. The zero-order chi connectivity index (χ0) is 19.0. The third kappa shape index (κ3) is 3.54. The highest BCUT2D eigenvalue weighted by atomic mass is 35.5. The highest BCUT2D eigenvalue weighted by Gasteiger charge is 2.40. The number of anilines is 1. The molecule has 26 heavy (non-hydrogen) atoms. The molecule has 2 aromatic rings. The van der Waals surface area contributed by atoms with Crippen LogP contribution >= 0.6 is 35.0 Å². The van der Waals surface area contributed by atoms with Crippen LogP contribution < -0.4 is 4.90 Å². The second-order valence-corrected chi connectivity index (χ2v) is 8.68. The molecule has 0 N–H and O–H groups in total. The van der Waals surface area contributed by atoms with E-state index in [0.29, 0.717) is 26.2 Å². The Labute approximate surface area is 167 Å². The van der Waals surface area contributed by atoms with Gasteiger partial charge in [0.25, 0.3) is 11.8 Å². The number of aryl methyl sites for hydroxylation is 1. The molecule has 1 aliphatic heterocycles. The van der Waals surface area contributed by atoms with Gasteiger partial charge in [-0.05, 0) is 30.7 Å². The van der Waals surface area contributed by atoms with E-state index in [-0.39, 0.29) is 17.1 Å². The van der Waals surface area contributed by atoms with E-state index in [1.165, 1.54) is 22.7 Å². The van der Waals surface area contributed by atoms with Crippen molar-refractivity contribution in [1.29, 1.82) is 0 Å². The van der Waals surface area contributed by atoms with Crippen molar-refractivity contribution in [3.05, 3.63) is 68.5 Å². The lowest BCUT2D eigenvalue weighted by Gasteiger charge is -2.16. The predicted molar refractivity (Wildman–Crippen MR) is 110 cm³/mol. The average Bonchev–Trinajstić information content (AvgIpc) is 2.81. The standard InChI is InChI=1S/C20H17Cl2NO2S/c1-11(2)26-18-17(13-6-4-12(3)5-7-13)19(24)23(20(18)25)14-8-9-15(21)16(22)10-14/h4-11H,1-3H3. The molecule has 0 saturated carbocycles. The Balaban J connectivity index is 2.10. The molecule has 3 rings (SSSR count). The van der Waals surface area contributed by atoms with Gasteiger partial charge in [-0.15, -0.1) is 11.8 Å². The molecule has 0 bridgehead atoms. The van der Waals surface area contributed by atoms with Crippen LogP contribution in [0.4, 0.5) is 5.69 Å². The van der Waals surface area contributed by atoms with Crippen molar-refractivity contribution in [1.82, 2.24) is 0 Å². The number of carbonyl (C=O) groups excluding carboxylic acids is 2. The molecule has 0 unspecified atom stereocenters. The Kier molecular flexibility index (Phi) is 5.47. The van der Waals surface area contributed by atoms with E-state index in [1.807, 2.05) is 45.0 Å². The van der Waals surface area contributed by atoms with Crippen LogP contribution in [0.5, 0.6) is 0 Å². The van der Waals surface area contributed by atoms with Gasteiger partial charge in [0.1, 0.15) is 0 Å². The molecule has 0 fully saturated rings. The lowest BCUT2D eigenvalue weighted by molar-refractivity contribution is -0.119. The SMILES string of the molecule is Cc1ccc(C2=C(SC(C)C)C(=O)N(c3ccc(Cl)c(Cl)c3)C2=O)cc1. The fraction of sp³-hybridized carbons (Fsp3) is 0.200. The first-order chi connectivity index (χ1) is 12.3. The van der Waals surface area contributed by atoms with Gasteiger partial charge < -0.3 is 0 Å². The summed E-state index contributed by atoms with van der Waals surface area (Å²) in [5.74, 6) is -0.678. The first-order valence-corrected chi connectivity index (χ1v) is 9.75. The number of halogens is 2. The van der Waals surface area contributed by atoms with E-state index < -0.39 is 0 Å². The largest absolute Gasteiger partial charge is 0.272 e. The molecule has 2 amide bonds. The Hall–Kier alpha value is -1.75. The number of imide groups is 1. The Morgan fingerprint density at radius 1 is 0.923 bits per heavy atom. The van der Waals surface area contributed by atoms with E-state index in [1.54, 1.807) is 12.1 Å². The van der Waals surface area contributed by atoms with Gasteiger partial charge in [-0.3, -0.25) is 9.59 Å². The zero-order valence-corrected chi connectivity index (χ0v) is 16.9. The number of thioether (sulfide) groups is 1. The maximum absolute atomic E-state index is 13.1. The molecule has 0 radical (unpaired) electrons. The van der Waals surface area contributed by atoms with E-state index in [4.69, 9.17) is 23.2 Å². The quantitative estimate of drug-likeness (QED) is 0.609. The lowest BCUT2D eigenvalue weighted by Crippen LogP contribution is -2.31. The number of amides is 2. The van der Waals surface area contributed by atoms with E-state index in [0.717, 1.165) is 11.1 Å². The van der Waals surface area contributed by atoms with Crippen LogP contribution in [0.3, 0.4) is 0 Å². The second kappa shape index (κ2) is 7.47. The fourth-order valence-corrected chi connectivity index (χ4v) is 3.97. The molecule has 1 aliphatic rings. The summed E-state index contributed by atoms with van der Waals surface area (Å²) < 4.78 is 0. The highest BCUT2D eigenvalue weighted by molar-refractivity contribution is 8.04. The summed E-state index contributed by atoms with van der Waals surface area (Å²) in [7, 11) is 0. The topological polar surface area (TPSA) is 37.4 Å². The van der Waals surface area contributed by atoms with Crippen LogP contribution in [-0.2, 0) is 9.59 Å². The molecular formula is C20H17Cl2NO2S. The van der Waals surface area contributed by atoms with Gasteiger partial charge in [0.2, 0.25) is 0 Å². The molecule has 0 aromatic heterocycles. The minimum atomic E-state index is -0.347. The smallest absolute Gasteiger partial charge is 0.268 e. The third-order valence-electron chi connectivity index (χ3n) is 3.90. The van der Waals surface area contributed by atoms with Gasteiger partial charge in [-0.1, -0.05) is 66.9 Å². The van der Waals surface area contributed by atoms with Crippen molar-refractivity contribution in [3.8, 4) is 0 Å². The van der Waals surface area contributed by atoms with Crippen molar-refractivity contribution in [2.45, 2.75) is 26.0 Å².